The van der Waals surface area contributed by atoms with E-state index in [0.29, 0.717) is 12.2 Å². The topological polar surface area (TPSA) is 85.1 Å². The fourth-order valence-corrected chi connectivity index (χ4v) is 2.96. The maximum Gasteiger partial charge on any atom is 0.240 e. The molecule has 0 bridgehead atoms. The van der Waals surface area contributed by atoms with E-state index in [-0.39, 0.29) is 4.90 Å². The number of aromatic nitrogens is 1. The molecule has 0 saturated heterocycles. The van der Waals surface area contributed by atoms with Gasteiger partial charge in [-0.1, -0.05) is 12.1 Å². The van der Waals surface area contributed by atoms with Crippen molar-refractivity contribution >= 4 is 27.0 Å². The van der Waals surface area contributed by atoms with Gasteiger partial charge in [-0.25, -0.2) is 18.5 Å². The predicted molar refractivity (Wildman–Crippen MR) is 72.0 cm³/mol. The average Bonchev–Trinajstić information content (AvgIpc) is 2.71. The largest absolute Gasteiger partial charge is 0.379 e. The highest BCUT2D eigenvalue weighted by molar-refractivity contribution is 7.89. The van der Waals surface area contributed by atoms with Crippen molar-refractivity contribution in [3.05, 3.63) is 40.3 Å². The molecule has 0 amide bonds. The van der Waals surface area contributed by atoms with Gasteiger partial charge in [-0.2, -0.15) is 0 Å². The molecule has 5 nitrogen and oxygen atoms in total. The summed E-state index contributed by atoms with van der Waals surface area (Å²) >= 11 is 1.53. The van der Waals surface area contributed by atoms with Gasteiger partial charge in [-0.15, -0.1) is 11.3 Å². The second-order valence-electron chi connectivity index (χ2n) is 3.76. The van der Waals surface area contributed by atoms with Crippen molar-refractivity contribution < 1.29 is 8.42 Å². The molecule has 18 heavy (non-hydrogen) atoms. The number of primary sulfonamides is 1. The summed E-state index contributed by atoms with van der Waals surface area (Å²) in [6.07, 6.45) is 0. The monoisotopic (exact) mass is 283 g/mol. The average molecular weight is 283 g/mol. The third-order valence-corrected chi connectivity index (χ3v) is 4.38. The van der Waals surface area contributed by atoms with E-state index in [1.165, 1.54) is 17.4 Å². The summed E-state index contributed by atoms with van der Waals surface area (Å²) < 4.78 is 22.8. The Hall–Kier alpha value is -1.44. The van der Waals surface area contributed by atoms with E-state index in [4.69, 9.17) is 5.14 Å². The number of aryl methyl sites for hydroxylation is 1. The lowest BCUT2D eigenvalue weighted by Crippen LogP contribution is -2.14. The summed E-state index contributed by atoms with van der Waals surface area (Å²) in [6.45, 7) is 2.45. The molecular formula is C11H13N3O2S2. The van der Waals surface area contributed by atoms with Crippen molar-refractivity contribution in [2.24, 2.45) is 5.14 Å². The third kappa shape index (κ3) is 2.87. The SMILES string of the molecule is Cc1ncsc1CNc1ccccc1S(N)(=O)=O. The second kappa shape index (κ2) is 5.05. The van der Waals surface area contributed by atoms with Crippen molar-refractivity contribution in [3.8, 4) is 0 Å². The van der Waals surface area contributed by atoms with Crippen LogP contribution in [0.1, 0.15) is 10.6 Å². The molecule has 1 heterocycles. The fraction of sp³-hybridized carbons (Fsp3) is 0.182. The van der Waals surface area contributed by atoms with E-state index in [0.717, 1.165) is 10.6 Å². The summed E-state index contributed by atoms with van der Waals surface area (Å²) in [7, 11) is -3.71. The molecule has 1 aromatic carbocycles. The van der Waals surface area contributed by atoms with Gasteiger partial charge in [0.2, 0.25) is 10.0 Å². The van der Waals surface area contributed by atoms with E-state index < -0.39 is 10.0 Å². The Morgan fingerprint density at radius 2 is 2.11 bits per heavy atom. The number of nitrogens with zero attached hydrogens (tertiary/aromatic N) is 1. The molecule has 0 saturated carbocycles. The van der Waals surface area contributed by atoms with Crippen molar-refractivity contribution in [1.82, 2.24) is 4.98 Å². The van der Waals surface area contributed by atoms with E-state index in [1.54, 1.807) is 23.7 Å². The Labute approximate surface area is 110 Å². The second-order valence-corrected chi connectivity index (χ2v) is 6.22. The minimum absolute atomic E-state index is 0.104. The number of sulfonamides is 1. The Kier molecular flexibility index (Phi) is 3.65. The van der Waals surface area contributed by atoms with E-state index in [2.05, 4.69) is 10.3 Å². The van der Waals surface area contributed by atoms with Gasteiger partial charge < -0.3 is 5.32 Å². The first-order valence-corrected chi connectivity index (χ1v) is 7.66. The molecule has 96 valence electrons. The van der Waals surface area contributed by atoms with Crippen LogP contribution in [0.2, 0.25) is 0 Å². The first-order valence-electron chi connectivity index (χ1n) is 5.23. The minimum atomic E-state index is -3.71. The molecule has 0 unspecified atom stereocenters. The summed E-state index contributed by atoms with van der Waals surface area (Å²) in [6, 6.07) is 6.58. The van der Waals surface area contributed by atoms with Crippen LogP contribution in [-0.4, -0.2) is 13.4 Å². The summed E-state index contributed by atoms with van der Waals surface area (Å²) in [5.41, 5.74) is 3.21. The van der Waals surface area contributed by atoms with Crippen LogP contribution < -0.4 is 10.5 Å². The normalized spacial score (nSPS) is 11.4. The van der Waals surface area contributed by atoms with Gasteiger partial charge in [0.15, 0.2) is 0 Å². The Morgan fingerprint density at radius 1 is 1.39 bits per heavy atom. The van der Waals surface area contributed by atoms with Crippen molar-refractivity contribution in [1.29, 1.82) is 0 Å². The van der Waals surface area contributed by atoms with Gasteiger partial charge in [-0.05, 0) is 19.1 Å². The van der Waals surface area contributed by atoms with Gasteiger partial charge in [0, 0.05) is 4.88 Å². The zero-order chi connectivity index (χ0) is 13.2. The van der Waals surface area contributed by atoms with E-state index in [9.17, 15) is 8.42 Å². The third-order valence-electron chi connectivity index (χ3n) is 2.48. The van der Waals surface area contributed by atoms with Crippen LogP contribution in [0.15, 0.2) is 34.7 Å². The number of anilines is 1. The molecule has 2 rings (SSSR count). The molecule has 0 atom stereocenters. The first kappa shape index (κ1) is 13.0. The summed E-state index contributed by atoms with van der Waals surface area (Å²) in [5.74, 6) is 0. The highest BCUT2D eigenvalue weighted by Gasteiger charge is 2.13. The molecule has 2 aromatic rings. The van der Waals surface area contributed by atoms with Crippen LogP contribution in [0.4, 0.5) is 5.69 Å². The molecule has 1 aromatic heterocycles. The predicted octanol–water partition coefficient (Wildman–Crippen LogP) is 1.71. The molecular weight excluding hydrogens is 270 g/mol. The minimum Gasteiger partial charge on any atom is -0.379 e. The molecule has 0 fully saturated rings. The number of hydrogen-bond donors (Lipinski definition) is 2. The van der Waals surface area contributed by atoms with Crippen LogP contribution >= 0.6 is 11.3 Å². The smallest absolute Gasteiger partial charge is 0.240 e. The van der Waals surface area contributed by atoms with Crippen LogP contribution in [0.25, 0.3) is 0 Å². The molecule has 0 spiro atoms. The van der Waals surface area contributed by atoms with Gasteiger partial charge >= 0.3 is 0 Å². The van der Waals surface area contributed by atoms with Crippen LogP contribution in [-0.2, 0) is 16.6 Å². The van der Waals surface area contributed by atoms with E-state index in [1.807, 2.05) is 6.92 Å². The summed E-state index contributed by atoms with van der Waals surface area (Å²) in [4.78, 5) is 5.31. The zero-order valence-electron chi connectivity index (χ0n) is 9.75. The van der Waals surface area contributed by atoms with Crippen LogP contribution in [0, 0.1) is 6.92 Å². The van der Waals surface area contributed by atoms with Gasteiger partial charge in [0.1, 0.15) is 4.90 Å². The van der Waals surface area contributed by atoms with Crippen molar-refractivity contribution in [3.63, 3.8) is 0 Å². The maximum atomic E-state index is 11.4. The number of para-hydroxylation sites is 1. The quantitative estimate of drug-likeness (QED) is 0.894. The lowest BCUT2D eigenvalue weighted by molar-refractivity contribution is 0.598. The van der Waals surface area contributed by atoms with Crippen molar-refractivity contribution in [2.75, 3.05) is 5.32 Å². The molecule has 3 N–H and O–H groups in total. The zero-order valence-corrected chi connectivity index (χ0v) is 11.4. The van der Waals surface area contributed by atoms with Crippen LogP contribution in [0.5, 0.6) is 0 Å². The highest BCUT2D eigenvalue weighted by Crippen LogP contribution is 2.21. The standard InChI is InChI=1S/C11H13N3O2S2/c1-8-10(17-7-14-8)6-13-9-4-2-3-5-11(9)18(12,15)16/h2-5,7,13H,6H2,1H3,(H2,12,15,16). The number of thiazole rings is 1. The fourth-order valence-electron chi connectivity index (χ4n) is 1.53. The van der Waals surface area contributed by atoms with Crippen molar-refractivity contribution in [2.45, 2.75) is 18.4 Å². The molecule has 0 aliphatic carbocycles. The van der Waals surface area contributed by atoms with Gasteiger partial charge in [0.05, 0.1) is 23.4 Å². The molecule has 0 aliphatic heterocycles. The molecule has 0 aliphatic rings. The van der Waals surface area contributed by atoms with Gasteiger partial charge in [-0.3, -0.25) is 0 Å². The summed E-state index contributed by atoms with van der Waals surface area (Å²) in [5, 5.41) is 8.23. The number of nitrogens with two attached hydrogens (primary N) is 1. The first-order chi connectivity index (χ1) is 8.48. The Balaban J connectivity index is 2.23. The lowest BCUT2D eigenvalue weighted by Gasteiger charge is -2.09. The van der Waals surface area contributed by atoms with Gasteiger partial charge in [0.25, 0.3) is 0 Å². The number of nitrogens with one attached hydrogen (secondary N) is 1. The number of benzene rings is 1. The Bertz CT molecular complexity index is 650. The number of hydrogen-bond acceptors (Lipinski definition) is 5. The highest BCUT2D eigenvalue weighted by atomic mass is 32.2. The molecule has 7 heteroatoms. The molecule has 0 radical (unpaired) electrons. The number of rotatable bonds is 4. The van der Waals surface area contributed by atoms with Crippen LogP contribution in [0.3, 0.4) is 0 Å². The Morgan fingerprint density at radius 3 is 2.72 bits per heavy atom. The van der Waals surface area contributed by atoms with E-state index >= 15 is 0 Å². The maximum absolute atomic E-state index is 11.4. The lowest BCUT2D eigenvalue weighted by atomic mass is 10.3.